The Labute approximate surface area is 108 Å². The highest BCUT2D eigenvalue weighted by Crippen LogP contribution is 2.31. The number of hydrogen-bond acceptors (Lipinski definition) is 3. The van der Waals surface area contributed by atoms with E-state index in [1.165, 1.54) is 17.9 Å². The number of nitrogens with zero attached hydrogens (tertiary/aromatic N) is 4. The van der Waals surface area contributed by atoms with Crippen LogP contribution in [0.3, 0.4) is 0 Å². The fourth-order valence-corrected chi connectivity index (χ4v) is 2.24. The maximum Gasteiger partial charge on any atom is 0.280 e. The van der Waals surface area contributed by atoms with Crippen molar-refractivity contribution in [1.29, 1.82) is 0 Å². The molecule has 0 radical (unpaired) electrons. The first-order valence-corrected chi connectivity index (χ1v) is 5.96. The molecule has 6 heteroatoms. The minimum atomic E-state index is -2.56. The molecule has 0 atom stereocenters. The quantitative estimate of drug-likeness (QED) is 0.834. The third-order valence-electron chi connectivity index (χ3n) is 3.21. The number of aromatic nitrogens is 3. The smallest absolute Gasteiger partial charge is 0.280 e. The molecule has 0 amide bonds. The van der Waals surface area contributed by atoms with E-state index in [1.54, 1.807) is 12.4 Å². The van der Waals surface area contributed by atoms with E-state index >= 15 is 0 Å². The van der Waals surface area contributed by atoms with Crippen molar-refractivity contribution < 1.29 is 8.78 Å². The predicted octanol–water partition coefficient (Wildman–Crippen LogP) is 2.39. The molecule has 98 valence electrons. The van der Waals surface area contributed by atoms with Crippen LogP contribution >= 0.6 is 0 Å². The van der Waals surface area contributed by atoms with Gasteiger partial charge in [-0.3, -0.25) is 14.7 Å². The van der Waals surface area contributed by atoms with Gasteiger partial charge in [0, 0.05) is 49.1 Å². The molecule has 2 aromatic rings. The number of aliphatic imine (C=N–C) groups is 1. The van der Waals surface area contributed by atoms with Crippen LogP contribution in [0.15, 0.2) is 23.5 Å². The van der Waals surface area contributed by atoms with Crippen molar-refractivity contribution in [3.05, 3.63) is 35.4 Å². The number of alkyl halides is 2. The molecule has 0 bridgehead atoms. The van der Waals surface area contributed by atoms with Gasteiger partial charge in [0.2, 0.25) is 0 Å². The van der Waals surface area contributed by atoms with Crippen LogP contribution < -0.4 is 0 Å². The zero-order valence-electron chi connectivity index (χ0n) is 10.3. The van der Waals surface area contributed by atoms with Crippen LogP contribution in [-0.4, -0.2) is 27.5 Å². The molecule has 0 aromatic carbocycles. The fourth-order valence-electron chi connectivity index (χ4n) is 2.24. The van der Waals surface area contributed by atoms with Gasteiger partial charge in [-0.25, -0.2) is 8.78 Å². The second-order valence-electron chi connectivity index (χ2n) is 4.41. The number of halogens is 2. The lowest BCUT2D eigenvalue weighted by Crippen LogP contribution is -2.06. The molecule has 4 nitrogen and oxygen atoms in total. The van der Waals surface area contributed by atoms with Crippen molar-refractivity contribution in [1.82, 2.24) is 14.8 Å². The molecule has 1 aliphatic rings. The molecule has 2 aromatic heterocycles. The van der Waals surface area contributed by atoms with Gasteiger partial charge >= 0.3 is 0 Å². The molecule has 1 aliphatic heterocycles. The third-order valence-corrected chi connectivity index (χ3v) is 3.21. The largest absolute Gasteiger partial charge is 0.292 e. The van der Waals surface area contributed by atoms with E-state index in [0.717, 1.165) is 24.2 Å². The molecule has 0 aliphatic carbocycles. The Kier molecular flexibility index (Phi) is 2.85. The molecule has 3 heterocycles. The monoisotopic (exact) mass is 262 g/mol. The number of aryl methyl sites for hydroxylation is 1. The van der Waals surface area contributed by atoms with Gasteiger partial charge in [0.05, 0.1) is 11.9 Å². The lowest BCUT2D eigenvalue weighted by molar-refractivity contribution is 0.141. The minimum Gasteiger partial charge on any atom is -0.292 e. The standard InChI is InChI=1S/C13H12F2N4/c1-19-12(13(14)15)10(7-18-19)8-4-9-5-16-3-2-11(9)17-6-8/h4-7,13H,2-3H2,1H3. The highest BCUT2D eigenvalue weighted by atomic mass is 19.3. The normalized spacial score (nSPS) is 13.9. The molecule has 0 spiro atoms. The van der Waals surface area contributed by atoms with Crippen molar-refractivity contribution in [3.63, 3.8) is 0 Å². The maximum atomic E-state index is 13.0. The molecular formula is C13H12F2N4. The SMILES string of the molecule is Cn1ncc(-c2cnc3c(c2)C=NCC3)c1C(F)F. The van der Waals surface area contributed by atoms with Gasteiger partial charge in [-0.1, -0.05) is 0 Å². The van der Waals surface area contributed by atoms with Crippen LogP contribution in [0.4, 0.5) is 8.78 Å². The topological polar surface area (TPSA) is 43.1 Å². The Morgan fingerprint density at radius 1 is 1.32 bits per heavy atom. The lowest BCUT2D eigenvalue weighted by atomic mass is 10.0. The zero-order valence-corrected chi connectivity index (χ0v) is 10.3. The van der Waals surface area contributed by atoms with Crippen molar-refractivity contribution in [3.8, 4) is 11.1 Å². The molecule has 3 rings (SSSR count). The van der Waals surface area contributed by atoms with Gasteiger partial charge in [0.15, 0.2) is 0 Å². The number of fused-ring (bicyclic) bond motifs is 1. The van der Waals surface area contributed by atoms with Gasteiger partial charge in [-0.05, 0) is 6.07 Å². The minimum absolute atomic E-state index is 0.0884. The summed E-state index contributed by atoms with van der Waals surface area (Å²) in [5.41, 5.74) is 2.84. The molecule has 0 fully saturated rings. The van der Waals surface area contributed by atoms with E-state index in [1.807, 2.05) is 6.07 Å². The Morgan fingerprint density at radius 2 is 2.16 bits per heavy atom. The average molecular weight is 262 g/mol. The third kappa shape index (κ3) is 2.03. The maximum absolute atomic E-state index is 13.0. The van der Waals surface area contributed by atoms with Crippen LogP contribution in [-0.2, 0) is 13.5 Å². The van der Waals surface area contributed by atoms with Crippen molar-refractivity contribution in [2.45, 2.75) is 12.8 Å². The van der Waals surface area contributed by atoms with Crippen LogP contribution in [0, 0.1) is 0 Å². The van der Waals surface area contributed by atoms with Crippen molar-refractivity contribution in [2.24, 2.45) is 12.0 Å². The first-order chi connectivity index (χ1) is 9.16. The fraction of sp³-hybridized carbons (Fsp3) is 0.308. The Balaban J connectivity index is 2.11. The summed E-state index contributed by atoms with van der Waals surface area (Å²) in [5, 5.41) is 3.90. The van der Waals surface area contributed by atoms with Crippen LogP contribution in [0.25, 0.3) is 11.1 Å². The molecule has 0 saturated carbocycles. The van der Waals surface area contributed by atoms with E-state index in [0.29, 0.717) is 11.1 Å². The van der Waals surface area contributed by atoms with Crippen molar-refractivity contribution in [2.75, 3.05) is 6.54 Å². The Hall–Kier alpha value is -2.11. The molecule has 19 heavy (non-hydrogen) atoms. The summed E-state index contributed by atoms with van der Waals surface area (Å²) < 4.78 is 27.3. The van der Waals surface area contributed by atoms with Gasteiger partial charge in [-0.2, -0.15) is 5.10 Å². The highest BCUT2D eigenvalue weighted by Gasteiger charge is 2.20. The second-order valence-corrected chi connectivity index (χ2v) is 4.41. The van der Waals surface area contributed by atoms with E-state index in [4.69, 9.17) is 0 Å². The molecule has 0 N–H and O–H groups in total. The van der Waals surface area contributed by atoms with Crippen LogP contribution in [0.2, 0.25) is 0 Å². The van der Waals surface area contributed by atoms with Gasteiger partial charge in [-0.15, -0.1) is 0 Å². The number of hydrogen-bond donors (Lipinski definition) is 0. The summed E-state index contributed by atoms with van der Waals surface area (Å²) in [6.07, 6.45) is 3.05. The van der Waals surface area contributed by atoms with E-state index < -0.39 is 6.43 Å². The lowest BCUT2D eigenvalue weighted by Gasteiger charge is -2.11. The van der Waals surface area contributed by atoms with Crippen LogP contribution in [0.1, 0.15) is 23.4 Å². The second kappa shape index (κ2) is 4.53. The first-order valence-electron chi connectivity index (χ1n) is 5.96. The van der Waals surface area contributed by atoms with E-state index in [2.05, 4.69) is 15.1 Å². The average Bonchev–Trinajstić information content (AvgIpc) is 2.80. The Bertz CT molecular complexity index is 646. The summed E-state index contributed by atoms with van der Waals surface area (Å²) in [6.45, 7) is 0.731. The first kappa shape index (κ1) is 12.0. The summed E-state index contributed by atoms with van der Waals surface area (Å²) >= 11 is 0. The zero-order chi connectivity index (χ0) is 13.4. The van der Waals surface area contributed by atoms with Gasteiger partial charge in [0.25, 0.3) is 6.43 Å². The Morgan fingerprint density at radius 3 is 2.95 bits per heavy atom. The molecular weight excluding hydrogens is 250 g/mol. The predicted molar refractivity (Wildman–Crippen MR) is 67.6 cm³/mol. The number of pyridine rings is 1. The summed E-state index contributed by atoms with van der Waals surface area (Å²) in [4.78, 5) is 8.51. The van der Waals surface area contributed by atoms with Crippen molar-refractivity contribution >= 4 is 6.21 Å². The molecule has 0 unspecified atom stereocenters. The summed E-state index contributed by atoms with van der Waals surface area (Å²) in [7, 11) is 1.51. The van der Waals surface area contributed by atoms with Gasteiger partial charge in [0.1, 0.15) is 5.69 Å². The molecule has 0 saturated heterocycles. The highest BCUT2D eigenvalue weighted by molar-refractivity contribution is 5.84. The van der Waals surface area contributed by atoms with E-state index in [-0.39, 0.29) is 5.69 Å². The summed E-state index contributed by atoms with van der Waals surface area (Å²) in [6, 6.07) is 1.84. The van der Waals surface area contributed by atoms with E-state index in [9.17, 15) is 8.78 Å². The van der Waals surface area contributed by atoms with Gasteiger partial charge < -0.3 is 0 Å². The van der Waals surface area contributed by atoms with Crippen LogP contribution in [0.5, 0.6) is 0 Å². The summed E-state index contributed by atoms with van der Waals surface area (Å²) in [5.74, 6) is 0. The number of rotatable bonds is 2.